The molecule has 0 saturated heterocycles. The largest absolute Gasteiger partial charge is 0.493 e. The van der Waals surface area contributed by atoms with Crippen LogP contribution in [0.25, 0.3) is 0 Å². The van der Waals surface area contributed by atoms with Crippen LogP contribution in [0.15, 0.2) is 64.3 Å². The minimum absolute atomic E-state index is 0.0739. The van der Waals surface area contributed by atoms with Gasteiger partial charge in [-0.25, -0.2) is 17.8 Å². The molecular formula is C23H22FN5O5S2. The molecule has 0 saturated carbocycles. The standard InChI is InChI=1S/C23H22FN5O5S2/c1-32-18-11-14(12-19(33-2)21(18)34-3)26-23-25-13-15(24)22(28-23)27-16-7-4-5-8-17(16)29-36(30,31)20-9-6-10-35-20/h4-13,29H,1-3H3,(H2,25,26,27,28). The van der Waals surface area contributed by atoms with Crippen molar-refractivity contribution in [1.82, 2.24) is 9.97 Å². The maximum atomic E-state index is 14.6. The van der Waals surface area contributed by atoms with E-state index in [1.807, 2.05) is 0 Å². The molecule has 0 spiro atoms. The number of para-hydroxylation sites is 2. The number of hydrogen-bond donors (Lipinski definition) is 3. The Balaban J connectivity index is 1.61. The first-order chi connectivity index (χ1) is 17.3. The Morgan fingerprint density at radius 3 is 2.22 bits per heavy atom. The van der Waals surface area contributed by atoms with Crippen molar-refractivity contribution in [2.45, 2.75) is 4.21 Å². The zero-order valence-corrected chi connectivity index (χ0v) is 21.0. The first-order valence-corrected chi connectivity index (χ1v) is 12.7. The zero-order chi connectivity index (χ0) is 25.7. The molecule has 0 unspecified atom stereocenters. The highest BCUT2D eigenvalue weighted by molar-refractivity contribution is 7.94. The molecule has 0 aliphatic rings. The van der Waals surface area contributed by atoms with Crippen molar-refractivity contribution >= 4 is 50.2 Å². The molecule has 0 radical (unpaired) electrons. The Hall–Kier alpha value is -4.10. The summed E-state index contributed by atoms with van der Waals surface area (Å²) >= 11 is 1.09. The van der Waals surface area contributed by atoms with Gasteiger partial charge in [0.25, 0.3) is 10.0 Å². The fourth-order valence-electron chi connectivity index (χ4n) is 3.22. The van der Waals surface area contributed by atoms with Gasteiger partial charge in [0.1, 0.15) is 4.21 Å². The number of nitrogens with zero attached hydrogens (tertiary/aromatic N) is 2. The average Bonchev–Trinajstić information content (AvgIpc) is 3.43. The number of nitrogens with one attached hydrogen (secondary N) is 3. The van der Waals surface area contributed by atoms with E-state index in [2.05, 4.69) is 25.3 Å². The summed E-state index contributed by atoms with van der Waals surface area (Å²) in [6.07, 6.45) is 0.994. The molecule has 13 heteroatoms. The van der Waals surface area contributed by atoms with Crippen molar-refractivity contribution in [2.75, 3.05) is 36.7 Å². The van der Waals surface area contributed by atoms with Crippen LogP contribution in [-0.4, -0.2) is 39.7 Å². The van der Waals surface area contributed by atoms with Gasteiger partial charge in [-0.3, -0.25) is 4.72 Å². The van der Waals surface area contributed by atoms with E-state index in [0.717, 1.165) is 17.5 Å². The molecule has 0 fully saturated rings. The fraction of sp³-hybridized carbons (Fsp3) is 0.130. The van der Waals surface area contributed by atoms with E-state index in [9.17, 15) is 12.8 Å². The first kappa shape index (κ1) is 25.0. The van der Waals surface area contributed by atoms with E-state index in [1.54, 1.807) is 47.8 Å². The molecule has 188 valence electrons. The van der Waals surface area contributed by atoms with Crippen LogP contribution in [0.2, 0.25) is 0 Å². The van der Waals surface area contributed by atoms with Crippen molar-refractivity contribution < 1.29 is 27.0 Å². The highest BCUT2D eigenvalue weighted by Crippen LogP contribution is 2.40. The second-order valence-electron chi connectivity index (χ2n) is 7.14. The van der Waals surface area contributed by atoms with Gasteiger partial charge in [0.2, 0.25) is 11.7 Å². The summed E-state index contributed by atoms with van der Waals surface area (Å²) in [6.45, 7) is 0. The second kappa shape index (κ2) is 10.7. The van der Waals surface area contributed by atoms with Gasteiger partial charge in [-0.05, 0) is 23.6 Å². The third-order valence-corrected chi connectivity index (χ3v) is 7.61. The van der Waals surface area contributed by atoms with Gasteiger partial charge >= 0.3 is 0 Å². The van der Waals surface area contributed by atoms with Gasteiger partial charge in [-0.15, -0.1) is 11.3 Å². The van der Waals surface area contributed by atoms with Crippen LogP contribution >= 0.6 is 11.3 Å². The van der Waals surface area contributed by atoms with Crippen LogP contribution in [0.3, 0.4) is 0 Å². The van der Waals surface area contributed by atoms with Gasteiger partial charge in [0.05, 0.1) is 38.9 Å². The molecular weight excluding hydrogens is 509 g/mol. The summed E-state index contributed by atoms with van der Waals surface area (Å²) in [4.78, 5) is 8.19. The van der Waals surface area contributed by atoms with Crippen molar-refractivity contribution in [2.24, 2.45) is 0 Å². The van der Waals surface area contributed by atoms with Crippen molar-refractivity contribution in [3.63, 3.8) is 0 Å². The number of rotatable bonds is 10. The third-order valence-electron chi connectivity index (χ3n) is 4.85. The van der Waals surface area contributed by atoms with Crippen molar-refractivity contribution in [3.8, 4) is 17.2 Å². The molecule has 0 aliphatic heterocycles. The van der Waals surface area contributed by atoms with E-state index >= 15 is 0 Å². The summed E-state index contributed by atoms with van der Waals surface area (Å²) in [6, 6.07) is 12.9. The molecule has 2 heterocycles. The molecule has 0 aliphatic carbocycles. The van der Waals surface area contributed by atoms with Gasteiger partial charge in [0, 0.05) is 17.8 Å². The number of anilines is 5. The maximum absolute atomic E-state index is 14.6. The minimum Gasteiger partial charge on any atom is -0.493 e. The Morgan fingerprint density at radius 2 is 1.61 bits per heavy atom. The van der Waals surface area contributed by atoms with E-state index in [1.165, 1.54) is 27.4 Å². The van der Waals surface area contributed by atoms with Crippen LogP contribution < -0.4 is 29.6 Å². The number of hydrogen-bond acceptors (Lipinski definition) is 10. The lowest BCUT2D eigenvalue weighted by Crippen LogP contribution is -2.13. The predicted molar refractivity (Wildman–Crippen MR) is 136 cm³/mol. The number of ether oxygens (including phenoxy) is 3. The number of thiophene rings is 1. The molecule has 0 bridgehead atoms. The van der Waals surface area contributed by atoms with Crippen LogP contribution in [0.4, 0.5) is 33.2 Å². The molecule has 10 nitrogen and oxygen atoms in total. The number of benzene rings is 2. The molecule has 0 amide bonds. The highest BCUT2D eigenvalue weighted by Gasteiger charge is 2.18. The lowest BCUT2D eigenvalue weighted by Gasteiger charge is -2.16. The molecule has 2 aromatic carbocycles. The highest BCUT2D eigenvalue weighted by atomic mass is 32.2. The molecule has 2 aromatic heterocycles. The lowest BCUT2D eigenvalue weighted by molar-refractivity contribution is 0.324. The maximum Gasteiger partial charge on any atom is 0.271 e. The van der Waals surface area contributed by atoms with Crippen LogP contribution in [0.5, 0.6) is 17.2 Å². The monoisotopic (exact) mass is 531 g/mol. The number of sulfonamides is 1. The summed E-state index contributed by atoms with van der Waals surface area (Å²) in [5, 5.41) is 7.48. The zero-order valence-electron chi connectivity index (χ0n) is 19.4. The van der Waals surface area contributed by atoms with E-state index < -0.39 is 15.8 Å². The van der Waals surface area contributed by atoms with E-state index in [0.29, 0.717) is 28.6 Å². The number of halogens is 1. The van der Waals surface area contributed by atoms with Crippen molar-refractivity contribution in [3.05, 3.63) is 65.9 Å². The normalized spacial score (nSPS) is 11.0. The molecule has 36 heavy (non-hydrogen) atoms. The summed E-state index contributed by atoms with van der Waals surface area (Å²) < 4.78 is 58.6. The van der Waals surface area contributed by atoms with Gasteiger partial charge in [-0.2, -0.15) is 4.98 Å². The summed E-state index contributed by atoms with van der Waals surface area (Å²) in [7, 11) is 0.661. The third kappa shape index (κ3) is 5.42. The Morgan fingerprint density at radius 1 is 0.917 bits per heavy atom. The minimum atomic E-state index is -3.81. The van der Waals surface area contributed by atoms with Crippen LogP contribution in [0.1, 0.15) is 0 Å². The molecule has 4 rings (SSSR count). The second-order valence-corrected chi connectivity index (χ2v) is 9.99. The smallest absolute Gasteiger partial charge is 0.271 e. The van der Waals surface area contributed by atoms with Gasteiger partial charge in [0.15, 0.2) is 23.1 Å². The average molecular weight is 532 g/mol. The topological polar surface area (TPSA) is 124 Å². The molecule has 0 atom stereocenters. The summed E-state index contributed by atoms with van der Waals surface area (Å²) in [5.74, 6) is 0.405. The lowest BCUT2D eigenvalue weighted by atomic mass is 10.2. The van der Waals surface area contributed by atoms with E-state index in [-0.39, 0.29) is 21.7 Å². The van der Waals surface area contributed by atoms with Gasteiger partial charge < -0.3 is 24.8 Å². The Bertz CT molecular complexity index is 1440. The number of aromatic nitrogens is 2. The Labute approximate surface area is 211 Å². The Kier molecular flexibility index (Phi) is 7.41. The molecule has 3 N–H and O–H groups in total. The van der Waals surface area contributed by atoms with Crippen LogP contribution in [-0.2, 0) is 10.0 Å². The van der Waals surface area contributed by atoms with Crippen molar-refractivity contribution in [1.29, 1.82) is 0 Å². The van der Waals surface area contributed by atoms with E-state index in [4.69, 9.17) is 14.2 Å². The number of methoxy groups -OCH3 is 3. The molecule has 4 aromatic rings. The fourth-order valence-corrected chi connectivity index (χ4v) is 5.29. The van der Waals surface area contributed by atoms with Gasteiger partial charge in [-0.1, -0.05) is 18.2 Å². The predicted octanol–water partition coefficient (Wildman–Crippen LogP) is 4.99. The first-order valence-electron chi connectivity index (χ1n) is 10.4. The van der Waals surface area contributed by atoms with Crippen LogP contribution in [0, 0.1) is 5.82 Å². The quantitative estimate of drug-likeness (QED) is 0.260. The SMILES string of the molecule is COc1cc(Nc2ncc(F)c(Nc3ccccc3NS(=O)(=O)c3cccs3)n2)cc(OC)c1OC. The summed E-state index contributed by atoms with van der Waals surface area (Å²) in [5.41, 5.74) is 1.03.